The van der Waals surface area contributed by atoms with Crippen LogP contribution < -0.4 is 5.32 Å². The summed E-state index contributed by atoms with van der Waals surface area (Å²) in [6, 6.07) is 9.19. The maximum absolute atomic E-state index is 12.7. The molecule has 0 spiro atoms. The number of rotatable bonds is 3. The molecule has 23 heavy (non-hydrogen) atoms. The molecular weight excluding hydrogens is 312 g/mol. The molecule has 0 unspecified atom stereocenters. The van der Waals surface area contributed by atoms with Crippen LogP contribution in [0.5, 0.6) is 0 Å². The predicted molar refractivity (Wildman–Crippen MR) is 88.2 cm³/mol. The van der Waals surface area contributed by atoms with Gasteiger partial charge in [0.1, 0.15) is 0 Å². The van der Waals surface area contributed by atoms with Crippen molar-refractivity contribution in [2.45, 2.75) is 31.2 Å². The Morgan fingerprint density at radius 1 is 1.17 bits per heavy atom. The SMILES string of the molecule is O=C(N[C@H]1CCS(=O)(=O)C1)c1cc(C2CC2)nc2ccccc12. The summed E-state index contributed by atoms with van der Waals surface area (Å²) in [7, 11) is -3.00. The molecule has 1 N–H and O–H groups in total. The summed E-state index contributed by atoms with van der Waals surface area (Å²) < 4.78 is 23.1. The fourth-order valence-corrected chi connectivity index (χ4v) is 4.82. The van der Waals surface area contributed by atoms with E-state index in [0.717, 1.165) is 29.4 Å². The van der Waals surface area contributed by atoms with Gasteiger partial charge in [-0.25, -0.2) is 8.42 Å². The molecule has 1 saturated heterocycles. The lowest BCUT2D eigenvalue weighted by Crippen LogP contribution is -2.35. The number of para-hydroxylation sites is 1. The van der Waals surface area contributed by atoms with Gasteiger partial charge in [-0.2, -0.15) is 0 Å². The minimum absolute atomic E-state index is 0.0389. The Balaban J connectivity index is 1.68. The number of amides is 1. The average Bonchev–Trinajstić information content (AvgIpc) is 3.31. The van der Waals surface area contributed by atoms with Crippen LogP contribution >= 0.6 is 0 Å². The van der Waals surface area contributed by atoms with Crippen molar-refractivity contribution in [3.63, 3.8) is 0 Å². The molecule has 1 saturated carbocycles. The lowest BCUT2D eigenvalue weighted by Gasteiger charge is -2.13. The quantitative estimate of drug-likeness (QED) is 0.934. The molecule has 1 aliphatic heterocycles. The van der Waals surface area contributed by atoms with Crippen LogP contribution in [0.15, 0.2) is 30.3 Å². The van der Waals surface area contributed by atoms with Crippen LogP contribution in [-0.4, -0.2) is 36.9 Å². The van der Waals surface area contributed by atoms with E-state index in [2.05, 4.69) is 10.3 Å². The number of carbonyl (C=O) groups excluding carboxylic acids is 1. The topological polar surface area (TPSA) is 76.1 Å². The number of sulfone groups is 1. The van der Waals surface area contributed by atoms with E-state index in [1.807, 2.05) is 30.3 Å². The van der Waals surface area contributed by atoms with Gasteiger partial charge in [0.25, 0.3) is 5.91 Å². The summed E-state index contributed by atoms with van der Waals surface area (Å²) in [5.74, 6) is 0.449. The molecule has 0 bridgehead atoms. The van der Waals surface area contributed by atoms with Gasteiger partial charge < -0.3 is 5.32 Å². The van der Waals surface area contributed by atoms with Crippen molar-refractivity contribution in [2.75, 3.05) is 11.5 Å². The fourth-order valence-electron chi connectivity index (χ4n) is 3.14. The van der Waals surface area contributed by atoms with Crippen molar-refractivity contribution in [3.05, 3.63) is 41.6 Å². The number of nitrogens with one attached hydrogen (secondary N) is 1. The van der Waals surface area contributed by atoms with Crippen molar-refractivity contribution in [2.24, 2.45) is 0 Å². The van der Waals surface area contributed by atoms with E-state index in [4.69, 9.17) is 0 Å². The van der Waals surface area contributed by atoms with Crippen LogP contribution in [-0.2, 0) is 9.84 Å². The number of hydrogen-bond acceptors (Lipinski definition) is 4. The molecule has 4 rings (SSSR count). The number of carbonyl (C=O) groups is 1. The number of hydrogen-bond donors (Lipinski definition) is 1. The normalized spacial score (nSPS) is 23.0. The number of aromatic nitrogens is 1. The summed E-state index contributed by atoms with van der Waals surface area (Å²) in [5, 5.41) is 3.70. The van der Waals surface area contributed by atoms with Gasteiger partial charge in [0.2, 0.25) is 0 Å². The van der Waals surface area contributed by atoms with Crippen molar-refractivity contribution in [3.8, 4) is 0 Å². The molecule has 2 heterocycles. The van der Waals surface area contributed by atoms with E-state index in [0.29, 0.717) is 17.9 Å². The molecule has 2 aromatic rings. The third kappa shape index (κ3) is 2.95. The van der Waals surface area contributed by atoms with Gasteiger partial charge in [-0.15, -0.1) is 0 Å². The zero-order valence-corrected chi connectivity index (χ0v) is 13.5. The highest BCUT2D eigenvalue weighted by atomic mass is 32.2. The highest BCUT2D eigenvalue weighted by Gasteiger charge is 2.30. The smallest absolute Gasteiger partial charge is 0.252 e. The second-order valence-electron chi connectivity index (χ2n) is 6.46. The van der Waals surface area contributed by atoms with Crippen LogP contribution in [0.2, 0.25) is 0 Å². The Hall–Kier alpha value is -1.95. The molecule has 1 aromatic carbocycles. The van der Waals surface area contributed by atoms with Crippen molar-refractivity contribution in [1.29, 1.82) is 0 Å². The van der Waals surface area contributed by atoms with E-state index in [1.165, 1.54) is 0 Å². The first-order valence-electron chi connectivity index (χ1n) is 7.93. The predicted octanol–water partition coefficient (Wildman–Crippen LogP) is 2.03. The van der Waals surface area contributed by atoms with Crippen LogP contribution in [0.1, 0.15) is 41.2 Å². The minimum atomic E-state index is -3.00. The van der Waals surface area contributed by atoms with E-state index < -0.39 is 9.84 Å². The Bertz CT molecular complexity index is 888. The highest BCUT2D eigenvalue weighted by Crippen LogP contribution is 2.40. The zero-order valence-electron chi connectivity index (χ0n) is 12.7. The van der Waals surface area contributed by atoms with Crippen molar-refractivity contribution < 1.29 is 13.2 Å². The van der Waals surface area contributed by atoms with Gasteiger partial charge in [0.15, 0.2) is 9.84 Å². The summed E-state index contributed by atoms with van der Waals surface area (Å²) in [6.45, 7) is 0. The van der Waals surface area contributed by atoms with Crippen LogP contribution in [0.4, 0.5) is 0 Å². The third-order valence-corrected chi connectivity index (χ3v) is 6.31. The molecule has 1 aromatic heterocycles. The van der Waals surface area contributed by atoms with Gasteiger partial charge in [0, 0.05) is 23.0 Å². The Morgan fingerprint density at radius 2 is 1.96 bits per heavy atom. The van der Waals surface area contributed by atoms with Crippen molar-refractivity contribution in [1.82, 2.24) is 10.3 Å². The summed E-state index contributed by atoms with van der Waals surface area (Å²) in [5.41, 5.74) is 2.38. The Morgan fingerprint density at radius 3 is 2.65 bits per heavy atom. The van der Waals surface area contributed by atoms with Crippen LogP contribution in [0, 0.1) is 0 Å². The second-order valence-corrected chi connectivity index (χ2v) is 8.69. The lowest BCUT2D eigenvalue weighted by molar-refractivity contribution is 0.0942. The Kier molecular flexibility index (Phi) is 3.37. The van der Waals surface area contributed by atoms with Gasteiger partial charge in [-0.1, -0.05) is 18.2 Å². The van der Waals surface area contributed by atoms with E-state index in [9.17, 15) is 13.2 Å². The summed E-state index contributed by atoms with van der Waals surface area (Å²) in [6.07, 6.45) is 2.73. The van der Waals surface area contributed by atoms with E-state index in [-0.39, 0.29) is 23.5 Å². The molecule has 1 atom stereocenters. The first-order chi connectivity index (χ1) is 11.0. The first-order valence-corrected chi connectivity index (χ1v) is 9.75. The van der Waals surface area contributed by atoms with Gasteiger partial charge in [-0.3, -0.25) is 9.78 Å². The molecule has 1 aliphatic carbocycles. The van der Waals surface area contributed by atoms with E-state index in [1.54, 1.807) is 0 Å². The molecule has 0 radical (unpaired) electrons. The molecule has 2 aliphatic rings. The Labute approximate surface area is 135 Å². The average molecular weight is 330 g/mol. The van der Waals surface area contributed by atoms with Crippen molar-refractivity contribution >= 4 is 26.6 Å². The molecule has 1 amide bonds. The van der Waals surface area contributed by atoms with E-state index >= 15 is 0 Å². The molecule has 2 fully saturated rings. The monoisotopic (exact) mass is 330 g/mol. The van der Waals surface area contributed by atoms with Crippen LogP contribution in [0.3, 0.4) is 0 Å². The molecule has 6 heteroatoms. The molecular formula is C17H18N2O3S. The van der Waals surface area contributed by atoms with Gasteiger partial charge in [0.05, 0.1) is 22.6 Å². The zero-order chi connectivity index (χ0) is 16.0. The first kappa shape index (κ1) is 14.6. The van der Waals surface area contributed by atoms with Crippen LogP contribution in [0.25, 0.3) is 10.9 Å². The molecule has 120 valence electrons. The highest BCUT2D eigenvalue weighted by molar-refractivity contribution is 7.91. The largest absolute Gasteiger partial charge is 0.348 e. The van der Waals surface area contributed by atoms with Gasteiger partial charge in [-0.05, 0) is 31.4 Å². The number of fused-ring (bicyclic) bond motifs is 1. The van der Waals surface area contributed by atoms with Gasteiger partial charge >= 0.3 is 0 Å². The lowest BCUT2D eigenvalue weighted by atomic mass is 10.0. The number of nitrogens with zero attached hydrogens (tertiary/aromatic N) is 1. The third-order valence-electron chi connectivity index (χ3n) is 4.54. The number of benzene rings is 1. The summed E-state index contributed by atoms with van der Waals surface area (Å²) in [4.78, 5) is 17.3. The molecule has 5 nitrogen and oxygen atoms in total. The minimum Gasteiger partial charge on any atom is -0.348 e. The second kappa shape index (κ2) is 5.30. The number of pyridine rings is 1. The maximum Gasteiger partial charge on any atom is 0.252 e. The standard InChI is InChI=1S/C17H18N2O3S/c20-17(18-12-7-8-23(21,22)10-12)14-9-16(11-5-6-11)19-15-4-2-1-3-13(14)15/h1-4,9,11-12H,5-8,10H2,(H,18,20)/t12-/m0/s1. The fraction of sp³-hybridized carbons (Fsp3) is 0.412. The summed E-state index contributed by atoms with van der Waals surface area (Å²) >= 11 is 0. The maximum atomic E-state index is 12.7.